The zero-order valence-corrected chi connectivity index (χ0v) is 17.9. The van der Waals surface area contributed by atoms with Gasteiger partial charge in [0.05, 0.1) is 7.11 Å². The number of nitrogens with zero attached hydrogens (tertiary/aromatic N) is 2. The van der Waals surface area contributed by atoms with Gasteiger partial charge in [0, 0.05) is 30.9 Å². The Morgan fingerprint density at radius 1 is 1.00 bits per heavy atom. The van der Waals surface area contributed by atoms with Gasteiger partial charge in [0.2, 0.25) is 10.0 Å². The van der Waals surface area contributed by atoms with Crippen molar-refractivity contribution in [1.82, 2.24) is 4.31 Å². The Kier molecular flexibility index (Phi) is 7.21. The normalized spacial score (nSPS) is 11.5. The average molecular weight is 405 g/mol. The highest BCUT2D eigenvalue weighted by atomic mass is 32.2. The fourth-order valence-electron chi connectivity index (χ4n) is 3.16. The molecule has 0 atom stereocenters. The molecule has 0 aliphatic heterocycles. The molecular weight excluding hydrogens is 376 g/mol. The fraction of sp³-hybridized carbons (Fsp3) is 0.381. The average Bonchev–Trinajstić information content (AvgIpc) is 2.70. The second-order valence-electron chi connectivity index (χ2n) is 6.29. The van der Waals surface area contributed by atoms with Crippen LogP contribution in [0.5, 0.6) is 5.75 Å². The number of hydrogen-bond acceptors (Lipinski definition) is 4. The van der Waals surface area contributed by atoms with E-state index in [0.29, 0.717) is 25.2 Å². The van der Waals surface area contributed by atoms with Crippen LogP contribution in [0.2, 0.25) is 0 Å². The molecule has 0 unspecified atom stereocenters. The van der Waals surface area contributed by atoms with Gasteiger partial charge in [-0.2, -0.15) is 4.31 Å². The number of carbonyl (C=O) groups excluding carboxylic acids is 1. The number of amides is 1. The van der Waals surface area contributed by atoms with Gasteiger partial charge in [-0.3, -0.25) is 4.79 Å². The number of hydrogen-bond donors (Lipinski definition) is 0. The lowest BCUT2D eigenvalue weighted by Gasteiger charge is -2.24. The van der Waals surface area contributed by atoms with Gasteiger partial charge in [-0.15, -0.1) is 0 Å². The summed E-state index contributed by atoms with van der Waals surface area (Å²) < 4.78 is 32.7. The lowest BCUT2D eigenvalue weighted by molar-refractivity contribution is 0.0988. The standard InChI is InChI=1S/C21H28N2O4S/c1-6-22(7-2)28(25,26)20-15-17(13-14-19(20)27-5)21(24)23(8-3)18-12-10-9-11-16(18)4/h9-15H,6-8H2,1-5H3. The Morgan fingerprint density at radius 3 is 2.18 bits per heavy atom. The van der Waals surface area contributed by atoms with Gasteiger partial charge in [0.15, 0.2) is 0 Å². The van der Waals surface area contributed by atoms with E-state index in [1.54, 1.807) is 24.8 Å². The molecule has 28 heavy (non-hydrogen) atoms. The predicted molar refractivity (Wildman–Crippen MR) is 112 cm³/mol. The topological polar surface area (TPSA) is 66.9 Å². The molecule has 2 aromatic carbocycles. The largest absolute Gasteiger partial charge is 0.495 e. The van der Waals surface area contributed by atoms with Gasteiger partial charge in [-0.1, -0.05) is 32.0 Å². The molecular formula is C21H28N2O4S. The molecule has 0 saturated carbocycles. The molecule has 0 radical (unpaired) electrons. The van der Waals surface area contributed by atoms with Crippen LogP contribution in [0.25, 0.3) is 0 Å². The summed E-state index contributed by atoms with van der Waals surface area (Å²) in [6, 6.07) is 12.2. The first kappa shape index (κ1) is 21.9. The lowest BCUT2D eigenvalue weighted by Crippen LogP contribution is -2.33. The number of sulfonamides is 1. The maximum atomic E-state index is 13.2. The monoisotopic (exact) mass is 404 g/mol. The van der Waals surface area contributed by atoms with E-state index in [0.717, 1.165) is 11.3 Å². The minimum atomic E-state index is -3.77. The molecule has 0 bridgehead atoms. The van der Waals surface area contributed by atoms with Crippen molar-refractivity contribution in [3.05, 3.63) is 53.6 Å². The Morgan fingerprint density at radius 2 is 1.64 bits per heavy atom. The third-order valence-electron chi connectivity index (χ3n) is 4.70. The van der Waals surface area contributed by atoms with Gasteiger partial charge >= 0.3 is 0 Å². The van der Waals surface area contributed by atoms with Gasteiger partial charge in [0.1, 0.15) is 10.6 Å². The number of aryl methyl sites for hydroxylation is 1. The second kappa shape index (κ2) is 9.21. The van der Waals surface area contributed by atoms with Crippen LogP contribution in [0.1, 0.15) is 36.7 Å². The first-order chi connectivity index (χ1) is 13.3. The molecule has 6 nitrogen and oxygen atoms in total. The zero-order chi connectivity index (χ0) is 20.9. The molecule has 0 saturated heterocycles. The van der Waals surface area contributed by atoms with E-state index in [1.807, 2.05) is 38.1 Å². The molecule has 7 heteroatoms. The number of ether oxygens (including phenoxy) is 1. The van der Waals surface area contributed by atoms with Crippen LogP contribution in [-0.4, -0.2) is 45.4 Å². The molecule has 0 aromatic heterocycles. The highest BCUT2D eigenvalue weighted by Gasteiger charge is 2.28. The molecule has 0 heterocycles. The molecule has 0 aliphatic rings. The summed E-state index contributed by atoms with van der Waals surface area (Å²) in [6.45, 7) is 8.53. The molecule has 0 N–H and O–H groups in total. The number of para-hydroxylation sites is 1. The van der Waals surface area contributed by atoms with E-state index in [1.165, 1.54) is 23.5 Å². The number of rotatable bonds is 8. The van der Waals surface area contributed by atoms with E-state index in [4.69, 9.17) is 4.74 Å². The maximum absolute atomic E-state index is 13.2. The molecule has 1 amide bonds. The van der Waals surface area contributed by atoms with E-state index < -0.39 is 10.0 Å². The third-order valence-corrected chi connectivity index (χ3v) is 6.77. The third kappa shape index (κ3) is 4.20. The minimum absolute atomic E-state index is 0.00499. The number of benzene rings is 2. The van der Waals surface area contributed by atoms with Crippen molar-refractivity contribution in [3.63, 3.8) is 0 Å². The fourth-order valence-corrected chi connectivity index (χ4v) is 4.80. The van der Waals surface area contributed by atoms with Crippen molar-refractivity contribution in [2.24, 2.45) is 0 Å². The highest BCUT2D eigenvalue weighted by molar-refractivity contribution is 7.89. The van der Waals surface area contributed by atoms with E-state index >= 15 is 0 Å². The first-order valence-electron chi connectivity index (χ1n) is 9.37. The van der Waals surface area contributed by atoms with E-state index in [9.17, 15) is 13.2 Å². The summed E-state index contributed by atoms with van der Waals surface area (Å²) in [5.41, 5.74) is 2.08. The second-order valence-corrected chi connectivity index (χ2v) is 8.20. The smallest absolute Gasteiger partial charge is 0.258 e. The van der Waals surface area contributed by atoms with Crippen molar-refractivity contribution in [1.29, 1.82) is 0 Å². The van der Waals surface area contributed by atoms with Crippen LogP contribution in [-0.2, 0) is 10.0 Å². The lowest BCUT2D eigenvalue weighted by atomic mass is 10.1. The summed E-state index contributed by atoms with van der Waals surface area (Å²) in [5, 5.41) is 0. The van der Waals surface area contributed by atoms with Gasteiger partial charge in [-0.05, 0) is 43.7 Å². The summed E-state index contributed by atoms with van der Waals surface area (Å²) in [7, 11) is -2.35. The number of anilines is 1. The van der Waals surface area contributed by atoms with Gasteiger partial charge in [0.25, 0.3) is 5.91 Å². The van der Waals surface area contributed by atoms with E-state index in [-0.39, 0.29) is 16.6 Å². The Labute approximate surface area is 167 Å². The molecule has 0 fully saturated rings. The van der Waals surface area contributed by atoms with Crippen molar-refractivity contribution < 1.29 is 17.9 Å². The Hall–Kier alpha value is -2.38. The number of carbonyl (C=O) groups is 1. The van der Waals surface area contributed by atoms with Crippen LogP contribution in [0, 0.1) is 6.92 Å². The maximum Gasteiger partial charge on any atom is 0.258 e. The molecule has 0 aliphatic carbocycles. The minimum Gasteiger partial charge on any atom is -0.495 e. The van der Waals surface area contributed by atoms with E-state index in [2.05, 4.69) is 0 Å². The summed E-state index contributed by atoms with van der Waals surface area (Å²) in [6.07, 6.45) is 0. The summed E-state index contributed by atoms with van der Waals surface area (Å²) >= 11 is 0. The van der Waals surface area contributed by atoms with Crippen LogP contribution < -0.4 is 9.64 Å². The van der Waals surface area contributed by atoms with Gasteiger partial charge in [-0.25, -0.2) is 8.42 Å². The molecule has 0 spiro atoms. The quantitative estimate of drug-likeness (QED) is 0.673. The van der Waals surface area contributed by atoms with Gasteiger partial charge < -0.3 is 9.64 Å². The van der Waals surface area contributed by atoms with Crippen LogP contribution in [0.15, 0.2) is 47.4 Å². The van der Waals surface area contributed by atoms with Crippen LogP contribution in [0.3, 0.4) is 0 Å². The summed E-state index contributed by atoms with van der Waals surface area (Å²) in [5.74, 6) is -0.0298. The first-order valence-corrected chi connectivity index (χ1v) is 10.8. The SMILES string of the molecule is CCN(C(=O)c1ccc(OC)c(S(=O)(=O)N(CC)CC)c1)c1ccccc1C. The van der Waals surface area contributed by atoms with Crippen molar-refractivity contribution >= 4 is 21.6 Å². The van der Waals surface area contributed by atoms with Crippen LogP contribution in [0.4, 0.5) is 5.69 Å². The number of methoxy groups -OCH3 is 1. The van der Waals surface area contributed by atoms with Crippen molar-refractivity contribution in [3.8, 4) is 5.75 Å². The Balaban J connectivity index is 2.55. The van der Waals surface area contributed by atoms with Crippen molar-refractivity contribution in [2.45, 2.75) is 32.6 Å². The van der Waals surface area contributed by atoms with Crippen LogP contribution >= 0.6 is 0 Å². The zero-order valence-electron chi connectivity index (χ0n) is 17.1. The highest BCUT2D eigenvalue weighted by Crippen LogP contribution is 2.29. The van der Waals surface area contributed by atoms with Crippen molar-refractivity contribution in [2.75, 3.05) is 31.6 Å². The molecule has 2 rings (SSSR count). The predicted octanol–water partition coefficient (Wildman–Crippen LogP) is 3.70. The Bertz CT molecular complexity index is 937. The molecule has 152 valence electrons. The molecule has 2 aromatic rings. The summed E-state index contributed by atoms with van der Waals surface area (Å²) in [4.78, 5) is 14.8.